The van der Waals surface area contributed by atoms with Crippen LogP contribution in [0.1, 0.15) is 26.7 Å². The Kier molecular flexibility index (Phi) is 3.34. The van der Waals surface area contributed by atoms with E-state index in [1.807, 2.05) is 0 Å². The van der Waals surface area contributed by atoms with Gasteiger partial charge in [-0.25, -0.2) is 0 Å². The van der Waals surface area contributed by atoms with Crippen LogP contribution in [0.3, 0.4) is 0 Å². The number of aliphatic hydroxyl groups excluding tert-OH is 1. The van der Waals surface area contributed by atoms with Gasteiger partial charge in [0, 0.05) is 0 Å². The van der Waals surface area contributed by atoms with Gasteiger partial charge in [-0.2, -0.15) is 0 Å². The van der Waals surface area contributed by atoms with Crippen LogP contribution in [0.4, 0.5) is 0 Å². The lowest BCUT2D eigenvalue weighted by Crippen LogP contribution is -2.12. The lowest BCUT2D eigenvalue weighted by molar-refractivity contribution is -0.0220. The SMILES string of the molecule is CC1CC(C)C(COCO)C1. The summed E-state index contributed by atoms with van der Waals surface area (Å²) in [6.45, 7) is 5.17. The van der Waals surface area contributed by atoms with Crippen molar-refractivity contribution in [3.63, 3.8) is 0 Å². The molecule has 0 aliphatic heterocycles. The molecule has 0 aromatic rings. The van der Waals surface area contributed by atoms with Crippen molar-refractivity contribution >= 4 is 0 Å². The minimum absolute atomic E-state index is 0.127. The molecule has 66 valence electrons. The standard InChI is InChI=1S/C9H18O2/c1-7-3-8(2)9(4-7)5-11-6-10/h7-10H,3-6H2,1-2H3. The van der Waals surface area contributed by atoms with Crippen LogP contribution in [0.25, 0.3) is 0 Å². The first-order chi connectivity index (χ1) is 5.24. The Hall–Kier alpha value is -0.0800. The molecule has 0 amide bonds. The quantitative estimate of drug-likeness (QED) is 0.633. The van der Waals surface area contributed by atoms with Crippen molar-refractivity contribution in [2.24, 2.45) is 17.8 Å². The van der Waals surface area contributed by atoms with E-state index in [4.69, 9.17) is 9.84 Å². The van der Waals surface area contributed by atoms with E-state index in [1.165, 1.54) is 12.8 Å². The summed E-state index contributed by atoms with van der Waals surface area (Å²) in [4.78, 5) is 0. The maximum Gasteiger partial charge on any atom is 0.143 e. The van der Waals surface area contributed by atoms with Crippen molar-refractivity contribution in [1.29, 1.82) is 0 Å². The summed E-state index contributed by atoms with van der Waals surface area (Å²) in [5, 5.41) is 8.46. The van der Waals surface area contributed by atoms with Crippen LogP contribution in [0.5, 0.6) is 0 Å². The first-order valence-electron chi connectivity index (χ1n) is 4.42. The van der Waals surface area contributed by atoms with Gasteiger partial charge in [0.2, 0.25) is 0 Å². The van der Waals surface area contributed by atoms with Crippen LogP contribution < -0.4 is 0 Å². The van der Waals surface area contributed by atoms with Crippen molar-refractivity contribution in [2.45, 2.75) is 26.7 Å². The molecular formula is C9H18O2. The van der Waals surface area contributed by atoms with Gasteiger partial charge >= 0.3 is 0 Å². The van der Waals surface area contributed by atoms with E-state index in [0.29, 0.717) is 5.92 Å². The zero-order chi connectivity index (χ0) is 8.27. The predicted octanol–water partition coefficient (Wildman–Crippen LogP) is 1.64. The summed E-state index contributed by atoms with van der Waals surface area (Å²) >= 11 is 0. The second-order valence-corrected chi connectivity index (χ2v) is 3.81. The van der Waals surface area contributed by atoms with Crippen molar-refractivity contribution < 1.29 is 9.84 Å². The van der Waals surface area contributed by atoms with Gasteiger partial charge in [-0.3, -0.25) is 0 Å². The number of ether oxygens (including phenoxy) is 1. The van der Waals surface area contributed by atoms with Gasteiger partial charge in [0.25, 0.3) is 0 Å². The van der Waals surface area contributed by atoms with Gasteiger partial charge in [-0.15, -0.1) is 0 Å². The molecule has 1 aliphatic rings. The van der Waals surface area contributed by atoms with Crippen LogP contribution in [-0.4, -0.2) is 18.5 Å². The molecule has 0 bridgehead atoms. The molecular weight excluding hydrogens is 140 g/mol. The predicted molar refractivity (Wildman–Crippen MR) is 44.1 cm³/mol. The summed E-state index contributed by atoms with van der Waals surface area (Å²) < 4.78 is 4.99. The average Bonchev–Trinajstić information content (AvgIpc) is 2.26. The van der Waals surface area contributed by atoms with Crippen LogP contribution in [0.2, 0.25) is 0 Å². The lowest BCUT2D eigenvalue weighted by Gasteiger charge is -2.13. The van der Waals surface area contributed by atoms with Crippen LogP contribution >= 0.6 is 0 Å². The minimum Gasteiger partial charge on any atom is -0.371 e. The maximum absolute atomic E-state index is 8.46. The highest BCUT2D eigenvalue weighted by molar-refractivity contribution is 4.78. The Morgan fingerprint density at radius 3 is 2.55 bits per heavy atom. The molecule has 0 heterocycles. The number of hydrogen-bond acceptors (Lipinski definition) is 2. The van der Waals surface area contributed by atoms with Crippen LogP contribution in [-0.2, 0) is 4.74 Å². The fourth-order valence-electron chi connectivity index (χ4n) is 2.11. The maximum atomic E-state index is 8.46. The summed E-state index contributed by atoms with van der Waals surface area (Å²) in [6, 6.07) is 0. The largest absolute Gasteiger partial charge is 0.371 e. The highest BCUT2D eigenvalue weighted by Crippen LogP contribution is 2.35. The zero-order valence-electron chi connectivity index (χ0n) is 7.42. The third-order valence-corrected chi connectivity index (χ3v) is 2.71. The molecule has 11 heavy (non-hydrogen) atoms. The van der Waals surface area contributed by atoms with E-state index >= 15 is 0 Å². The van der Waals surface area contributed by atoms with E-state index in [2.05, 4.69) is 13.8 Å². The van der Waals surface area contributed by atoms with Crippen LogP contribution in [0.15, 0.2) is 0 Å². The Labute approximate surface area is 68.6 Å². The second kappa shape index (κ2) is 4.07. The average molecular weight is 158 g/mol. The second-order valence-electron chi connectivity index (χ2n) is 3.81. The number of rotatable bonds is 3. The Morgan fingerprint density at radius 1 is 1.36 bits per heavy atom. The highest BCUT2D eigenvalue weighted by Gasteiger charge is 2.28. The first-order valence-corrected chi connectivity index (χ1v) is 4.42. The molecule has 3 unspecified atom stereocenters. The Morgan fingerprint density at radius 2 is 2.09 bits per heavy atom. The Bertz CT molecular complexity index is 114. The molecule has 0 saturated heterocycles. The fourth-order valence-corrected chi connectivity index (χ4v) is 2.11. The molecule has 2 nitrogen and oxygen atoms in total. The smallest absolute Gasteiger partial charge is 0.143 e. The molecule has 1 N–H and O–H groups in total. The minimum atomic E-state index is -0.127. The molecule has 0 aromatic carbocycles. The van der Waals surface area contributed by atoms with Gasteiger partial charge in [0.05, 0.1) is 6.61 Å². The molecule has 3 atom stereocenters. The van der Waals surface area contributed by atoms with E-state index in [-0.39, 0.29) is 6.79 Å². The third kappa shape index (κ3) is 2.46. The molecule has 1 fully saturated rings. The van der Waals surface area contributed by atoms with Gasteiger partial charge < -0.3 is 9.84 Å². The fraction of sp³-hybridized carbons (Fsp3) is 1.00. The van der Waals surface area contributed by atoms with Crippen molar-refractivity contribution in [2.75, 3.05) is 13.4 Å². The van der Waals surface area contributed by atoms with E-state index in [1.54, 1.807) is 0 Å². The van der Waals surface area contributed by atoms with E-state index in [9.17, 15) is 0 Å². The van der Waals surface area contributed by atoms with Gasteiger partial charge in [-0.05, 0) is 30.6 Å². The number of aliphatic hydroxyl groups is 1. The molecule has 2 heteroatoms. The van der Waals surface area contributed by atoms with Crippen molar-refractivity contribution in [3.8, 4) is 0 Å². The van der Waals surface area contributed by atoms with Crippen molar-refractivity contribution in [1.82, 2.24) is 0 Å². The first kappa shape index (κ1) is 9.01. The molecule has 1 saturated carbocycles. The van der Waals surface area contributed by atoms with Gasteiger partial charge in [0.1, 0.15) is 6.79 Å². The summed E-state index contributed by atoms with van der Waals surface area (Å²) in [5.74, 6) is 2.30. The summed E-state index contributed by atoms with van der Waals surface area (Å²) in [5.41, 5.74) is 0. The van der Waals surface area contributed by atoms with E-state index < -0.39 is 0 Å². The van der Waals surface area contributed by atoms with Crippen molar-refractivity contribution in [3.05, 3.63) is 0 Å². The number of hydrogen-bond donors (Lipinski definition) is 1. The highest BCUT2D eigenvalue weighted by atomic mass is 16.6. The normalized spacial score (nSPS) is 37.9. The molecule has 0 radical (unpaired) electrons. The van der Waals surface area contributed by atoms with Gasteiger partial charge in [0.15, 0.2) is 0 Å². The zero-order valence-corrected chi connectivity index (χ0v) is 7.42. The molecule has 1 rings (SSSR count). The lowest BCUT2D eigenvalue weighted by atomic mass is 10.00. The summed E-state index contributed by atoms with van der Waals surface area (Å²) in [7, 11) is 0. The van der Waals surface area contributed by atoms with Crippen LogP contribution in [0, 0.1) is 17.8 Å². The van der Waals surface area contributed by atoms with Gasteiger partial charge in [-0.1, -0.05) is 13.8 Å². The molecule has 0 spiro atoms. The topological polar surface area (TPSA) is 29.5 Å². The Balaban J connectivity index is 2.23. The monoisotopic (exact) mass is 158 g/mol. The molecule has 0 aromatic heterocycles. The van der Waals surface area contributed by atoms with E-state index in [0.717, 1.165) is 18.4 Å². The molecule has 1 aliphatic carbocycles. The summed E-state index contributed by atoms with van der Waals surface area (Å²) in [6.07, 6.45) is 2.58. The third-order valence-electron chi connectivity index (χ3n) is 2.71.